The minimum absolute atomic E-state index is 0.154. The molecule has 1 aliphatic carbocycles. The molecule has 0 aliphatic heterocycles. The first kappa shape index (κ1) is 17.0. The predicted octanol–water partition coefficient (Wildman–Crippen LogP) is 5.85. The van der Waals surface area contributed by atoms with E-state index in [9.17, 15) is 4.39 Å². The molecule has 1 aliphatic rings. The molecular formula is C18H27BrFN. The molecule has 3 heteroatoms. The molecule has 1 aromatic carbocycles. The maximum absolute atomic E-state index is 13.9. The lowest BCUT2D eigenvalue weighted by atomic mass is 9.75. The van der Waals surface area contributed by atoms with Gasteiger partial charge in [-0.05, 0) is 65.2 Å². The Balaban J connectivity index is 2.23. The molecule has 1 aromatic rings. The summed E-state index contributed by atoms with van der Waals surface area (Å²) in [4.78, 5) is 0. The summed E-state index contributed by atoms with van der Waals surface area (Å²) in [5.74, 6) is 1.30. The van der Waals surface area contributed by atoms with E-state index in [0.717, 1.165) is 24.4 Å². The fourth-order valence-corrected chi connectivity index (χ4v) is 4.11. The van der Waals surface area contributed by atoms with Gasteiger partial charge in [0.25, 0.3) is 0 Å². The molecule has 1 saturated carbocycles. The molecule has 0 bridgehead atoms. The van der Waals surface area contributed by atoms with Gasteiger partial charge in [0, 0.05) is 6.04 Å². The monoisotopic (exact) mass is 355 g/mol. The molecule has 1 nitrogen and oxygen atoms in total. The van der Waals surface area contributed by atoms with Crippen molar-refractivity contribution in [3.05, 3.63) is 34.1 Å². The van der Waals surface area contributed by atoms with Gasteiger partial charge in [-0.3, -0.25) is 0 Å². The summed E-state index contributed by atoms with van der Waals surface area (Å²) in [6.07, 6.45) is 7.55. The molecular weight excluding hydrogens is 329 g/mol. The van der Waals surface area contributed by atoms with E-state index < -0.39 is 0 Å². The molecule has 1 N–H and O–H groups in total. The van der Waals surface area contributed by atoms with Crippen LogP contribution in [0.25, 0.3) is 0 Å². The molecule has 0 heterocycles. The minimum atomic E-state index is -0.154. The zero-order chi connectivity index (χ0) is 15.2. The number of hydrogen-bond donors (Lipinski definition) is 1. The first-order valence-corrected chi connectivity index (χ1v) is 9.13. The highest BCUT2D eigenvalue weighted by Gasteiger charge is 2.30. The van der Waals surface area contributed by atoms with Crippen molar-refractivity contribution < 1.29 is 4.39 Å². The molecule has 118 valence electrons. The van der Waals surface area contributed by atoms with E-state index >= 15 is 0 Å². The number of nitrogens with one attached hydrogen (secondary N) is 1. The minimum Gasteiger partial charge on any atom is -0.310 e. The van der Waals surface area contributed by atoms with Gasteiger partial charge in [0.1, 0.15) is 5.82 Å². The predicted molar refractivity (Wildman–Crippen MR) is 90.9 cm³/mol. The van der Waals surface area contributed by atoms with Gasteiger partial charge in [-0.1, -0.05) is 45.2 Å². The summed E-state index contributed by atoms with van der Waals surface area (Å²) in [5, 5.41) is 3.67. The van der Waals surface area contributed by atoms with Gasteiger partial charge >= 0.3 is 0 Å². The van der Waals surface area contributed by atoms with Gasteiger partial charge < -0.3 is 5.32 Å². The van der Waals surface area contributed by atoms with Gasteiger partial charge in [-0.15, -0.1) is 0 Å². The average Bonchev–Trinajstić information content (AvgIpc) is 2.52. The topological polar surface area (TPSA) is 12.0 Å². The zero-order valence-corrected chi connectivity index (χ0v) is 14.8. The summed E-state index contributed by atoms with van der Waals surface area (Å²) in [7, 11) is 0. The summed E-state index contributed by atoms with van der Waals surface area (Å²) >= 11 is 3.46. The van der Waals surface area contributed by atoms with Crippen molar-refractivity contribution in [3.63, 3.8) is 0 Å². The van der Waals surface area contributed by atoms with Gasteiger partial charge in [0.2, 0.25) is 0 Å². The van der Waals surface area contributed by atoms with E-state index in [1.807, 2.05) is 6.07 Å². The summed E-state index contributed by atoms with van der Waals surface area (Å²) in [6.45, 7) is 5.46. The van der Waals surface area contributed by atoms with Crippen molar-refractivity contribution >= 4 is 15.9 Å². The molecule has 1 fully saturated rings. The Labute approximate surface area is 136 Å². The zero-order valence-electron chi connectivity index (χ0n) is 13.2. The van der Waals surface area contributed by atoms with Crippen LogP contribution in [0, 0.1) is 17.7 Å². The second-order valence-electron chi connectivity index (χ2n) is 6.28. The summed E-state index contributed by atoms with van der Waals surface area (Å²) in [6, 6.07) is 5.69. The smallest absolute Gasteiger partial charge is 0.137 e. The van der Waals surface area contributed by atoms with E-state index in [0.29, 0.717) is 10.4 Å². The standard InChI is InChI=1S/C18H27BrFN/c1-3-11-21-18(14-8-5-7-13(4-2)12-14)15-9-6-10-16(20)17(15)19/h6,9-10,13-14,18,21H,3-5,7-8,11-12H2,1-2H3. The fraction of sp³-hybridized carbons (Fsp3) is 0.667. The van der Waals surface area contributed by atoms with E-state index in [1.54, 1.807) is 0 Å². The first-order valence-electron chi connectivity index (χ1n) is 8.34. The highest BCUT2D eigenvalue weighted by Crippen LogP contribution is 2.40. The van der Waals surface area contributed by atoms with Crippen molar-refractivity contribution in [2.75, 3.05) is 6.54 Å². The second kappa shape index (κ2) is 8.28. The van der Waals surface area contributed by atoms with Crippen molar-refractivity contribution in [2.45, 2.75) is 58.4 Å². The Bertz CT molecular complexity index is 449. The third-order valence-electron chi connectivity index (χ3n) is 4.80. The fourth-order valence-electron chi connectivity index (χ4n) is 3.60. The van der Waals surface area contributed by atoms with Crippen LogP contribution in [0.2, 0.25) is 0 Å². The third kappa shape index (κ3) is 4.29. The summed E-state index contributed by atoms with van der Waals surface area (Å²) < 4.78 is 14.5. The Hall–Kier alpha value is -0.410. The largest absolute Gasteiger partial charge is 0.310 e. The van der Waals surface area contributed by atoms with Gasteiger partial charge in [-0.2, -0.15) is 0 Å². The van der Waals surface area contributed by atoms with E-state index in [-0.39, 0.29) is 11.9 Å². The van der Waals surface area contributed by atoms with Crippen LogP contribution in [-0.2, 0) is 0 Å². The molecule has 0 aromatic heterocycles. The molecule has 3 unspecified atom stereocenters. The molecule has 21 heavy (non-hydrogen) atoms. The molecule has 0 radical (unpaired) electrons. The molecule has 0 amide bonds. The van der Waals surface area contributed by atoms with Crippen LogP contribution in [0.5, 0.6) is 0 Å². The van der Waals surface area contributed by atoms with Crippen LogP contribution >= 0.6 is 15.9 Å². The van der Waals surface area contributed by atoms with Gasteiger partial charge in [0.05, 0.1) is 4.47 Å². The van der Waals surface area contributed by atoms with E-state index in [4.69, 9.17) is 0 Å². The lowest BCUT2D eigenvalue weighted by Gasteiger charge is -2.35. The first-order chi connectivity index (χ1) is 10.2. The highest BCUT2D eigenvalue weighted by molar-refractivity contribution is 9.10. The normalized spacial score (nSPS) is 24.0. The van der Waals surface area contributed by atoms with Crippen LogP contribution in [0.4, 0.5) is 4.39 Å². The maximum Gasteiger partial charge on any atom is 0.137 e. The van der Waals surface area contributed by atoms with Crippen molar-refractivity contribution in [1.29, 1.82) is 0 Å². The Morgan fingerprint density at radius 1 is 1.33 bits per heavy atom. The lowest BCUT2D eigenvalue weighted by molar-refractivity contribution is 0.209. The Morgan fingerprint density at radius 3 is 2.86 bits per heavy atom. The third-order valence-corrected chi connectivity index (χ3v) is 5.64. The number of rotatable bonds is 6. The highest BCUT2D eigenvalue weighted by atomic mass is 79.9. The van der Waals surface area contributed by atoms with E-state index in [2.05, 4.69) is 41.2 Å². The van der Waals surface area contributed by atoms with Crippen LogP contribution in [-0.4, -0.2) is 6.54 Å². The van der Waals surface area contributed by atoms with E-state index in [1.165, 1.54) is 38.2 Å². The van der Waals surface area contributed by atoms with Crippen LogP contribution in [0.1, 0.15) is 64.0 Å². The maximum atomic E-state index is 13.9. The molecule has 3 atom stereocenters. The molecule has 0 saturated heterocycles. The molecule has 2 rings (SSSR count). The van der Waals surface area contributed by atoms with Crippen LogP contribution in [0.15, 0.2) is 22.7 Å². The van der Waals surface area contributed by atoms with Gasteiger partial charge in [-0.25, -0.2) is 4.39 Å². The Kier molecular flexibility index (Phi) is 6.69. The lowest BCUT2D eigenvalue weighted by Crippen LogP contribution is -2.32. The Morgan fingerprint density at radius 2 is 2.14 bits per heavy atom. The van der Waals surface area contributed by atoms with Crippen molar-refractivity contribution in [3.8, 4) is 0 Å². The SMILES string of the molecule is CCCNC(c1cccc(F)c1Br)C1CCCC(CC)C1. The second-order valence-corrected chi connectivity index (χ2v) is 7.07. The summed E-state index contributed by atoms with van der Waals surface area (Å²) in [5.41, 5.74) is 1.09. The number of halogens is 2. The van der Waals surface area contributed by atoms with Crippen molar-refractivity contribution in [1.82, 2.24) is 5.32 Å². The number of hydrogen-bond acceptors (Lipinski definition) is 1. The molecule has 0 spiro atoms. The van der Waals surface area contributed by atoms with Crippen LogP contribution in [0.3, 0.4) is 0 Å². The van der Waals surface area contributed by atoms with Gasteiger partial charge in [0.15, 0.2) is 0 Å². The quantitative estimate of drug-likeness (QED) is 0.675. The van der Waals surface area contributed by atoms with Crippen molar-refractivity contribution in [2.24, 2.45) is 11.8 Å². The number of benzene rings is 1. The van der Waals surface area contributed by atoms with Crippen LogP contribution < -0.4 is 5.32 Å². The average molecular weight is 356 g/mol.